The minimum absolute atomic E-state index is 0.232. The van der Waals surface area contributed by atoms with Crippen LogP contribution in [0.2, 0.25) is 0 Å². The van der Waals surface area contributed by atoms with Crippen LogP contribution in [0.4, 0.5) is 0 Å². The van der Waals surface area contributed by atoms with E-state index in [0.717, 1.165) is 0 Å². The molecular formula is C14H16N2O4S2. The van der Waals surface area contributed by atoms with E-state index in [1.165, 1.54) is 23.5 Å². The molecule has 0 amide bonds. The van der Waals surface area contributed by atoms with Gasteiger partial charge in [-0.25, -0.2) is 0 Å². The average Bonchev–Trinajstić information content (AvgIpc) is 2.56. The molecule has 6 nitrogen and oxygen atoms in total. The normalized spacial score (nSPS) is 13.2. The lowest BCUT2D eigenvalue weighted by molar-refractivity contribution is 0.113. The molecule has 4 N–H and O–H groups in total. The molecule has 0 unspecified atom stereocenters. The predicted molar refractivity (Wildman–Crippen MR) is 83.5 cm³/mol. The van der Waals surface area contributed by atoms with Crippen molar-refractivity contribution in [2.75, 3.05) is 24.7 Å². The average molecular weight is 340 g/mol. The third-order valence-corrected chi connectivity index (χ3v) is 5.14. The van der Waals surface area contributed by atoms with Gasteiger partial charge in [0.15, 0.2) is 0 Å². The lowest BCUT2D eigenvalue weighted by Gasteiger charge is -2.13. The van der Waals surface area contributed by atoms with E-state index in [1.54, 1.807) is 12.1 Å². The van der Waals surface area contributed by atoms with Crippen LogP contribution < -0.4 is 0 Å². The maximum atomic E-state index is 9.43. The minimum atomic E-state index is -0.882. The highest BCUT2D eigenvalue weighted by Gasteiger charge is 2.14. The molecule has 1 aromatic carbocycles. The van der Waals surface area contributed by atoms with Crippen LogP contribution in [0.15, 0.2) is 21.9 Å². The zero-order chi connectivity index (χ0) is 16.5. The highest BCUT2D eigenvalue weighted by molar-refractivity contribution is 8.02. The number of aliphatic hydroxyl groups is 4. The summed E-state index contributed by atoms with van der Waals surface area (Å²) in [6.45, 7) is -0.722. The van der Waals surface area contributed by atoms with Crippen LogP contribution in [0.1, 0.15) is 11.1 Å². The van der Waals surface area contributed by atoms with Crippen molar-refractivity contribution < 1.29 is 20.4 Å². The van der Waals surface area contributed by atoms with Crippen LogP contribution in [0, 0.1) is 22.7 Å². The summed E-state index contributed by atoms with van der Waals surface area (Å²) in [7, 11) is 0. The summed E-state index contributed by atoms with van der Waals surface area (Å²) in [5, 5.41) is 54.7. The van der Waals surface area contributed by atoms with Crippen LogP contribution in [0.3, 0.4) is 0 Å². The second kappa shape index (κ2) is 9.70. The van der Waals surface area contributed by atoms with E-state index in [0.29, 0.717) is 9.79 Å². The topological polar surface area (TPSA) is 128 Å². The molecule has 0 spiro atoms. The van der Waals surface area contributed by atoms with Crippen LogP contribution in [0.5, 0.6) is 0 Å². The summed E-state index contributed by atoms with van der Waals surface area (Å²) >= 11 is 2.50. The Hall–Kier alpha value is -1.26. The summed E-state index contributed by atoms with van der Waals surface area (Å²) in [6, 6.07) is 7.00. The van der Waals surface area contributed by atoms with Crippen LogP contribution >= 0.6 is 23.5 Å². The third kappa shape index (κ3) is 5.50. The highest BCUT2D eigenvalue weighted by atomic mass is 32.2. The molecule has 2 atom stereocenters. The first-order valence-electron chi connectivity index (χ1n) is 6.37. The Balaban J connectivity index is 3.03. The molecule has 1 rings (SSSR count). The smallest absolute Gasteiger partial charge is 0.101 e. The summed E-state index contributed by atoms with van der Waals surface area (Å²) in [5.74, 6) is 0.479. The predicted octanol–water partition coefficient (Wildman–Crippen LogP) is 0.321. The molecule has 0 aromatic heterocycles. The molecule has 0 aliphatic carbocycles. The summed E-state index contributed by atoms with van der Waals surface area (Å²) in [4.78, 5) is 1.36. The highest BCUT2D eigenvalue weighted by Crippen LogP contribution is 2.34. The van der Waals surface area contributed by atoms with Gasteiger partial charge in [0, 0.05) is 21.3 Å². The van der Waals surface area contributed by atoms with Crippen molar-refractivity contribution >= 4 is 23.5 Å². The van der Waals surface area contributed by atoms with Gasteiger partial charge in [0.25, 0.3) is 0 Å². The minimum Gasteiger partial charge on any atom is -0.394 e. The fourth-order valence-electron chi connectivity index (χ4n) is 1.45. The summed E-state index contributed by atoms with van der Waals surface area (Å²) in [5.41, 5.74) is 0.464. The van der Waals surface area contributed by atoms with Gasteiger partial charge in [-0.3, -0.25) is 0 Å². The fourth-order valence-corrected chi connectivity index (χ4v) is 3.56. The molecule has 0 aliphatic rings. The van der Waals surface area contributed by atoms with Gasteiger partial charge in [0.2, 0.25) is 0 Å². The van der Waals surface area contributed by atoms with Crippen LogP contribution in [-0.2, 0) is 0 Å². The van der Waals surface area contributed by atoms with E-state index in [-0.39, 0.29) is 35.8 Å². The SMILES string of the molecule is N#Cc1cc(SC[C@H](O)CO)c(SC[C@H](O)CO)cc1C#N. The maximum Gasteiger partial charge on any atom is 0.101 e. The van der Waals surface area contributed by atoms with Crippen molar-refractivity contribution in [1.82, 2.24) is 0 Å². The van der Waals surface area contributed by atoms with Crippen molar-refractivity contribution in [2.24, 2.45) is 0 Å². The zero-order valence-electron chi connectivity index (χ0n) is 11.6. The zero-order valence-corrected chi connectivity index (χ0v) is 13.3. The van der Waals surface area contributed by atoms with E-state index in [4.69, 9.17) is 20.7 Å². The quantitative estimate of drug-likeness (QED) is 0.498. The van der Waals surface area contributed by atoms with Gasteiger partial charge in [-0.15, -0.1) is 23.5 Å². The number of hydrogen-bond donors (Lipinski definition) is 4. The van der Waals surface area contributed by atoms with E-state index in [2.05, 4.69) is 0 Å². The summed E-state index contributed by atoms with van der Waals surface area (Å²) in [6.07, 6.45) is -1.76. The molecule has 0 aliphatic heterocycles. The summed E-state index contributed by atoms with van der Waals surface area (Å²) < 4.78 is 0. The number of nitriles is 2. The van der Waals surface area contributed by atoms with Gasteiger partial charge in [-0.1, -0.05) is 0 Å². The lowest BCUT2D eigenvalue weighted by atomic mass is 10.1. The van der Waals surface area contributed by atoms with Gasteiger partial charge in [-0.05, 0) is 12.1 Å². The van der Waals surface area contributed by atoms with Crippen LogP contribution in [0.25, 0.3) is 0 Å². The van der Waals surface area contributed by atoms with Crippen molar-refractivity contribution in [3.63, 3.8) is 0 Å². The molecule has 0 bridgehead atoms. The Labute approximate surface area is 137 Å². The molecule has 1 aromatic rings. The molecule has 22 heavy (non-hydrogen) atoms. The second-order valence-corrected chi connectivity index (χ2v) is 6.49. The monoisotopic (exact) mass is 340 g/mol. The van der Waals surface area contributed by atoms with Gasteiger partial charge in [-0.2, -0.15) is 10.5 Å². The van der Waals surface area contributed by atoms with Gasteiger partial charge in [0.1, 0.15) is 12.1 Å². The fraction of sp³-hybridized carbons (Fsp3) is 0.429. The number of nitrogens with zero attached hydrogens (tertiary/aromatic N) is 2. The van der Waals surface area contributed by atoms with Crippen molar-refractivity contribution in [1.29, 1.82) is 10.5 Å². The first kappa shape index (κ1) is 18.8. The number of aliphatic hydroxyl groups excluding tert-OH is 4. The molecule has 0 heterocycles. The lowest BCUT2D eigenvalue weighted by Crippen LogP contribution is -2.15. The number of hydrogen-bond acceptors (Lipinski definition) is 8. The largest absolute Gasteiger partial charge is 0.394 e. The molecular weight excluding hydrogens is 324 g/mol. The van der Waals surface area contributed by atoms with Crippen LogP contribution in [-0.4, -0.2) is 57.4 Å². The number of benzene rings is 1. The molecule has 0 radical (unpaired) electrons. The molecule has 0 saturated carbocycles. The maximum absolute atomic E-state index is 9.43. The first-order valence-corrected chi connectivity index (χ1v) is 8.34. The molecule has 118 valence electrons. The molecule has 0 saturated heterocycles. The van der Waals surface area contributed by atoms with E-state index in [1.807, 2.05) is 12.1 Å². The van der Waals surface area contributed by atoms with E-state index < -0.39 is 12.2 Å². The van der Waals surface area contributed by atoms with Crippen molar-refractivity contribution in [2.45, 2.75) is 22.0 Å². The Morgan fingerprint density at radius 1 is 0.864 bits per heavy atom. The third-order valence-electron chi connectivity index (χ3n) is 2.61. The van der Waals surface area contributed by atoms with Crippen molar-refractivity contribution in [3.8, 4) is 12.1 Å². The Bertz CT molecular complexity index is 532. The van der Waals surface area contributed by atoms with Gasteiger partial charge >= 0.3 is 0 Å². The molecule has 8 heteroatoms. The Morgan fingerprint density at radius 2 is 1.23 bits per heavy atom. The van der Waals surface area contributed by atoms with Crippen molar-refractivity contribution in [3.05, 3.63) is 23.3 Å². The standard InChI is InChI=1S/C14H16N2O4S2/c15-3-9-1-13(21-7-11(19)5-17)14(2-10(9)4-16)22-8-12(20)6-18/h1-2,11-12,17-20H,5-8H2/t11-,12-/m1/s1. The second-order valence-electron chi connectivity index (χ2n) is 4.36. The van der Waals surface area contributed by atoms with E-state index >= 15 is 0 Å². The van der Waals surface area contributed by atoms with Gasteiger partial charge in [0.05, 0.1) is 36.5 Å². The Kier molecular flexibility index (Phi) is 8.28. The van der Waals surface area contributed by atoms with E-state index in [9.17, 15) is 10.2 Å². The number of rotatable bonds is 8. The first-order chi connectivity index (χ1) is 10.5. The molecule has 0 fully saturated rings. The van der Waals surface area contributed by atoms with Gasteiger partial charge < -0.3 is 20.4 Å². The number of thioether (sulfide) groups is 2. The Morgan fingerprint density at radius 3 is 1.50 bits per heavy atom.